The third kappa shape index (κ3) is 3.32. The summed E-state index contributed by atoms with van der Waals surface area (Å²) >= 11 is 0. The Labute approximate surface area is 111 Å². The van der Waals surface area contributed by atoms with E-state index in [0.29, 0.717) is 12.8 Å². The average molecular weight is 263 g/mol. The predicted molar refractivity (Wildman–Crippen MR) is 68.5 cm³/mol. The van der Waals surface area contributed by atoms with Gasteiger partial charge in [0.05, 0.1) is 12.5 Å². The van der Waals surface area contributed by atoms with Crippen LogP contribution in [0.4, 0.5) is 0 Å². The molecule has 2 rings (SSSR count). The van der Waals surface area contributed by atoms with Crippen LogP contribution in [0.1, 0.15) is 18.4 Å². The van der Waals surface area contributed by atoms with Crippen molar-refractivity contribution in [2.45, 2.75) is 31.4 Å². The molecule has 102 valence electrons. The summed E-state index contributed by atoms with van der Waals surface area (Å²) in [5.74, 6) is -1.30. The van der Waals surface area contributed by atoms with E-state index in [1.807, 2.05) is 30.3 Å². The van der Waals surface area contributed by atoms with Gasteiger partial charge in [0, 0.05) is 6.54 Å². The summed E-state index contributed by atoms with van der Waals surface area (Å²) in [7, 11) is 0. The second-order valence-electron chi connectivity index (χ2n) is 4.78. The topological polar surface area (TPSA) is 77.8 Å². The van der Waals surface area contributed by atoms with Crippen LogP contribution >= 0.6 is 0 Å². The maximum absolute atomic E-state index is 11.6. The Hall–Kier alpha value is -1.88. The highest BCUT2D eigenvalue weighted by molar-refractivity contribution is 5.85. The normalized spacial score (nSPS) is 20.6. The fraction of sp³-hybridized carbons (Fsp3) is 0.429. The SMILES string of the molecule is O=C(O)C(CCc1ccccc1)N1CC(O)CC1=O. The van der Waals surface area contributed by atoms with E-state index in [1.54, 1.807) is 0 Å². The third-order valence-corrected chi connectivity index (χ3v) is 3.35. The van der Waals surface area contributed by atoms with Crippen molar-refractivity contribution < 1.29 is 19.8 Å². The highest BCUT2D eigenvalue weighted by Gasteiger charge is 2.36. The lowest BCUT2D eigenvalue weighted by Crippen LogP contribution is -2.42. The molecule has 0 bridgehead atoms. The number of aryl methyl sites for hydroxylation is 1. The predicted octanol–water partition coefficient (Wildman–Crippen LogP) is 0.666. The Morgan fingerprint density at radius 3 is 2.58 bits per heavy atom. The van der Waals surface area contributed by atoms with Gasteiger partial charge >= 0.3 is 5.97 Å². The van der Waals surface area contributed by atoms with E-state index in [0.717, 1.165) is 5.56 Å². The molecule has 2 unspecified atom stereocenters. The number of amides is 1. The lowest BCUT2D eigenvalue weighted by Gasteiger charge is -2.24. The monoisotopic (exact) mass is 263 g/mol. The van der Waals surface area contributed by atoms with Crippen LogP contribution in [0, 0.1) is 0 Å². The van der Waals surface area contributed by atoms with Crippen LogP contribution in [-0.4, -0.2) is 45.7 Å². The molecule has 0 aliphatic carbocycles. The van der Waals surface area contributed by atoms with E-state index in [1.165, 1.54) is 4.90 Å². The Bertz CT molecular complexity index is 460. The molecule has 1 amide bonds. The van der Waals surface area contributed by atoms with Gasteiger partial charge in [-0.2, -0.15) is 0 Å². The molecule has 0 saturated carbocycles. The molecular formula is C14H17NO4. The molecule has 0 aromatic heterocycles. The smallest absolute Gasteiger partial charge is 0.326 e. The van der Waals surface area contributed by atoms with Crippen LogP contribution in [0.2, 0.25) is 0 Å². The average Bonchev–Trinajstić information content (AvgIpc) is 2.70. The zero-order valence-electron chi connectivity index (χ0n) is 10.5. The van der Waals surface area contributed by atoms with Crippen molar-refractivity contribution in [3.8, 4) is 0 Å². The number of hydrogen-bond donors (Lipinski definition) is 2. The van der Waals surface area contributed by atoms with E-state index in [-0.39, 0.29) is 18.9 Å². The van der Waals surface area contributed by atoms with Gasteiger partial charge in [0.1, 0.15) is 6.04 Å². The molecule has 0 radical (unpaired) electrons. The molecule has 1 fully saturated rings. The first-order valence-corrected chi connectivity index (χ1v) is 6.32. The van der Waals surface area contributed by atoms with Crippen LogP contribution in [0.25, 0.3) is 0 Å². The van der Waals surface area contributed by atoms with Crippen molar-refractivity contribution in [3.63, 3.8) is 0 Å². The number of benzene rings is 1. The van der Waals surface area contributed by atoms with Crippen LogP contribution in [0.15, 0.2) is 30.3 Å². The van der Waals surface area contributed by atoms with Gasteiger partial charge in [-0.15, -0.1) is 0 Å². The first kappa shape index (κ1) is 13.5. The van der Waals surface area contributed by atoms with Gasteiger partial charge in [-0.25, -0.2) is 4.79 Å². The molecule has 1 aliphatic heterocycles. The van der Waals surface area contributed by atoms with Crippen LogP contribution in [0.3, 0.4) is 0 Å². The van der Waals surface area contributed by atoms with Crippen molar-refractivity contribution in [2.24, 2.45) is 0 Å². The molecule has 19 heavy (non-hydrogen) atoms. The lowest BCUT2D eigenvalue weighted by molar-refractivity contribution is -0.148. The minimum atomic E-state index is -1.02. The summed E-state index contributed by atoms with van der Waals surface area (Å²) in [5.41, 5.74) is 1.04. The number of carboxylic acid groups (broad SMARTS) is 1. The summed E-state index contributed by atoms with van der Waals surface area (Å²) in [6.45, 7) is 0.116. The summed E-state index contributed by atoms with van der Waals surface area (Å²) in [4.78, 5) is 24.2. The van der Waals surface area contributed by atoms with E-state index in [2.05, 4.69) is 0 Å². The van der Waals surface area contributed by atoms with Crippen LogP contribution < -0.4 is 0 Å². The van der Waals surface area contributed by atoms with Crippen LogP contribution in [0.5, 0.6) is 0 Å². The number of likely N-dealkylation sites (tertiary alicyclic amines) is 1. The Kier molecular flexibility index (Phi) is 4.16. The molecule has 5 nitrogen and oxygen atoms in total. The second kappa shape index (κ2) is 5.84. The molecule has 1 aromatic carbocycles. The second-order valence-corrected chi connectivity index (χ2v) is 4.78. The molecule has 0 spiro atoms. The summed E-state index contributed by atoms with van der Waals surface area (Å²) < 4.78 is 0. The fourth-order valence-corrected chi connectivity index (χ4v) is 2.37. The minimum absolute atomic E-state index is 0.0229. The van der Waals surface area contributed by atoms with Gasteiger partial charge in [0.2, 0.25) is 5.91 Å². The van der Waals surface area contributed by atoms with E-state index < -0.39 is 18.1 Å². The Morgan fingerprint density at radius 1 is 1.37 bits per heavy atom. The van der Waals surface area contributed by atoms with Gasteiger partial charge in [0.15, 0.2) is 0 Å². The van der Waals surface area contributed by atoms with Crippen molar-refractivity contribution in [3.05, 3.63) is 35.9 Å². The van der Waals surface area contributed by atoms with Crippen LogP contribution in [-0.2, 0) is 16.0 Å². The number of aliphatic carboxylic acids is 1. The Morgan fingerprint density at radius 2 is 2.05 bits per heavy atom. The van der Waals surface area contributed by atoms with Gasteiger partial charge in [-0.05, 0) is 18.4 Å². The van der Waals surface area contributed by atoms with Gasteiger partial charge in [-0.3, -0.25) is 4.79 Å². The van der Waals surface area contributed by atoms with E-state index >= 15 is 0 Å². The quantitative estimate of drug-likeness (QED) is 0.818. The molecular weight excluding hydrogens is 246 g/mol. The molecule has 2 N–H and O–H groups in total. The minimum Gasteiger partial charge on any atom is -0.480 e. The van der Waals surface area contributed by atoms with Gasteiger partial charge in [-0.1, -0.05) is 30.3 Å². The first-order chi connectivity index (χ1) is 9.08. The van der Waals surface area contributed by atoms with E-state index in [4.69, 9.17) is 0 Å². The molecule has 5 heteroatoms. The number of rotatable bonds is 5. The number of carboxylic acids is 1. The van der Waals surface area contributed by atoms with Crippen molar-refractivity contribution in [2.75, 3.05) is 6.54 Å². The fourth-order valence-electron chi connectivity index (χ4n) is 2.37. The number of nitrogens with zero attached hydrogens (tertiary/aromatic N) is 1. The number of aliphatic hydroxyl groups excluding tert-OH is 1. The zero-order chi connectivity index (χ0) is 13.8. The number of aliphatic hydroxyl groups is 1. The largest absolute Gasteiger partial charge is 0.480 e. The molecule has 1 heterocycles. The molecule has 1 saturated heterocycles. The number of carbonyl (C=O) groups excluding carboxylic acids is 1. The molecule has 2 atom stereocenters. The highest BCUT2D eigenvalue weighted by Crippen LogP contribution is 2.18. The van der Waals surface area contributed by atoms with Crippen molar-refractivity contribution in [1.82, 2.24) is 4.90 Å². The lowest BCUT2D eigenvalue weighted by atomic mass is 10.0. The zero-order valence-corrected chi connectivity index (χ0v) is 10.5. The number of β-amino-alcohol motifs (C(OH)–C–C–N with tert-alkyl or cyclic N) is 1. The molecule has 1 aromatic rings. The third-order valence-electron chi connectivity index (χ3n) is 3.35. The van der Waals surface area contributed by atoms with Crippen molar-refractivity contribution in [1.29, 1.82) is 0 Å². The van der Waals surface area contributed by atoms with Gasteiger partial charge < -0.3 is 15.1 Å². The number of carbonyl (C=O) groups is 2. The molecule has 1 aliphatic rings. The van der Waals surface area contributed by atoms with E-state index in [9.17, 15) is 19.8 Å². The highest BCUT2D eigenvalue weighted by atomic mass is 16.4. The maximum atomic E-state index is 11.6. The summed E-state index contributed by atoms with van der Waals surface area (Å²) in [6, 6.07) is 8.70. The summed E-state index contributed by atoms with van der Waals surface area (Å²) in [5, 5.41) is 18.7. The first-order valence-electron chi connectivity index (χ1n) is 6.32. The van der Waals surface area contributed by atoms with Gasteiger partial charge in [0.25, 0.3) is 0 Å². The van der Waals surface area contributed by atoms with Crippen molar-refractivity contribution >= 4 is 11.9 Å². The maximum Gasteiger partial charge on any atom is 0.326 e. The standard InChI is InChI=1S/C14H17NO4/c16-11-8-13(17)15(9-11)12(14(18)19)7-6-10-4-2-1-3-5-10/h1-5,11-12,16H,6-9H2,(H,18,19). The number of hydrogen-bond acceptors (Lipinski definition) is 3. The summed E-state index contributed by atoms with van der Waals surface area (Å²) in [6.07, 6.45) is 0.232. The Balaban J connectivity index is 2.01.